The number of benzene rings is 2. The Morgan fingerprint density at radius 3 is 2.27 bits per heavy atom. The van der Waals surface area contributed by atoms with Gasteiger partial charge in [-0.25, -0.2) is 0 Å². The minimum atomic E-state index is -1.39. The van der Waals surface area contributed by atoms with Gasteiger partial charge in [0.2, 0.25) is 5.85 Å². The molecule has 3 fully saturated rings. The smallest absolute Gasteiger partial charge is 0.306 e. The Bertz CT molecular complexity index is 1640. The molecule has 0 bridgehead atoms. The number of nitrogens with zero attached hydrogens (tertiary/aromatic N) is 4. The normalized spacial score (nSPS) is 24.9. The molecular weight excluding hydrogens is 638 g/mol. The van der Waals surface area contributed by atoms with Crippen molar-refractivity contribution in [2.45, 2.75) is 69.1 Å². The van der Waals surface area contributed by atoms with Gasteiger partial charge in [0.25, 0.3) is 5.91 Å². The minimum Gasteiger partial charge on any atom is -0.481 e. The second kappa shape index (κ2) is 14.6. The maximum absolute atomic E-state index is 14.8. The van der Waals surface area contributed by atoms with Crippen LogP contribution in [0.3, 0.4) is 0 Å². The summed E-state index contributed by atoms with van der Waals surface area (Å²) in [5.74, 6) is -3.09. The molecular formula is C35H44ClN5O7. The summed E-state index contributed by atoms with van der Waals surface area (Å²) in [7, 11) is 5.08. The molecule has 2 aliphatic heterocycles. The molecule has 1 aliphatic carbocycles. The maximum Gasteiger partial charge on any atom is 0.306 e. The molecule has 1 amide bonds. The number of nitrogens with one attached hydrogen (secondary N) is 1. The summed E-state index contributed by atoms with van der Waals surface area (Å²) in [5.41, 5.74) is 2.23. The van der Waals surface area contributed by atoms with E-state index in [1.165, 1.54) is 0 Å². The number of carboxylic acids is 1. The van der Waals surface area contributed by atoms with Gasteiger partial charge < -0.3 is 24.6 Å². The third-order valence-corrected chi connectivity index (χ3v) is 10.4. The lowest BCUT2D eigenvalue weighted by Crippen LogP contribution is -2.67. The second-order valence-corrected chi connectivity index (χ2v) is 13.5. The van der Waals surface area contributed by atoms with Gasteiger partial charge in [0.05, 0.1) is 40.5 Å². The fourth-order valence-corrected chi connectivity index (χ4v) is 7.78. The first-order valence-corrected chi connectivity index (χ1v) is 17.0. The lowest BCUT2D eigenvalue weighted by atomic mass is 9.87. The summed E-state index contributed by atoms with van der Waals surface area (Å²) in [6.07, 6.45) is 3.25. The summed E-state index contributed by atoms with van der Waals surface area (Å²) >= 11 is 6.72. The van der Waals surface area contributed by atoms with Crippen LogP contribution in [0.1, 0.15) is 54.6 Å². The molecule has 2 aromatic carbocycles. The number of anilines is 1. The summed E-state index contributed by atoms with van der Waals surface area (Å²) in [4.78, 5) is 43.9. The number of carbonyl (C=O) groups is 3. The lowest BCUT2D eigenvalue weighted by molar-refractivity contribution is -0.253. The van der Waals surface area contributed by atoms with Crippen molar-refractivity contribution in [3.63, 3.8) is 0 Å². The fraction of sp³-hybridized carbons (Fsp3) is 0.543. The molecule has 3 heterocycles. The van der Waals surface area contributed by atoms with Crippen LogP contribution in [-0.4, -0.2) is 107 Å². The number of aromatic nitrogens is 2. The van der Waals surface area contributed by atoms with Crippen LogP contribution in [0.4, 0.5) is 5.69 Å². The molecule has 3 atom stereocenters. The van der Waals surface area contributed by atoms with Crippen LogP contribution in [-0.2, 0) is 37.3 Å². The van der Waals surface area contributed by atoms with E-state index < -0.39 is 17.7 Å². The van der Waals surface area contributed by atoms with Crippen LogP contribution in [0.2, 0.25) is 5.02 Å². The Morgan fingerprint density at radius 2 is 1.65 bits per heavy atom. The monoisotopic (exact) mass is 681 g/mol. The molecule has 258 valence electrons. The highest BCUT2D eigenvalue weighted by Gasteiger charge is 2.56. The third kappa shape index (κ3) is 6.74. The quantitative estimate of drug-likeness (QED) is 0.284. The Kier molecular flexibility index (Phi) is 10.5. The maximum atomic E-state index is 14.8. The van der Waals surface area contributed by atoms with Crippen molar-refractivity contribution in [3.05, 3.63) is 58.7 Å². The van der Waals surface area contributed by atoms with E-state index >= 15 is 0 Å². The highest BCUT2D eigenvalue weighted by Crippen LogP contribution is 2.38. The molecule has 48 heavy (non-hydrogen) atoms. The average Bonchev–Trinajstić information content (AvgIpc) is 3.85. The number of methoxy groups -OCH3 is 2. The average molecular weight is 682 g/mol. The number of hydrogen-bond acceptors (Lipinski definition) is 9. The van der Waals surface area contributed by atoms with E-state index in [9.17, 15) is 19.5 Å². The Hall–Kier alpha value is -3.39. The van der Waals surface area contributed by atoms with Crippen LogP contribution in [0.5, 0.6) is 0 Å². The summed E-state index contributed by atoms with van der Waals surface area (Å²) in [6, 6.07) is 12.7. The second-order valence-electron chi connectivity index (χ2n) is 13.0. The highest BCUT2D eigenvalue weighted by molar-refractivity contribution is 6.34. The number of halogens is 1. The van der Waals surface area contributed by atoms with Crippen molar-refractivity contribution in [2.75, 3.05) is 45.7 Å². The van der Waals surface area contributed by atoms with Crippen LogP contribution >= 0.6 is 11.6 Å². The standard InChI is InChI=1S/C35H44ClN5O7/c1-39-28-9-5-4-8-25(28)32(38-39)33(43)37-27-15-10-22(18-26(27)36)19-31(42)35(40-16-6-7-17-40,41-20-29(46-2)30(21-41)47-3)48-24-13-11-23(12-14-24)34(44)45/h4-5,8-10,15,18,23-24,29-30H,6-7,11-14,16-17,19-21H2,1-3H3,(H,37,43)(H,44,45)/t23-,24-,29-,30-,35?/m0/s1. The number of ketones is 1. The van der Waals surface area contributed by atoms with Gasteiger partial charge in [0.15, 0.2) is 11.5 Å². The molecule has 1 aromatic heterocycles. The van der Waals surface area contributed by atoms with Gasteiger partial charge >= 0.3 is 5.97 Å². The molecule has 6 rings (SSSR count). The Balaban J connectivity index is 1.26. The zero-order valence-corrected chi connectivity index (χ0v) is 28.4. The predicted octanol–water partition coefficient (Wildman–Crippen LogP) is 4.35. The topological polar surface area (TPSA) is 135 Å². The van der Waals surface area contributed by atoms with E-state index in [1.807, 2.05) is 24.3 Å². The molecule has 3 aliphatic rings. The van der Waals surface area contributed by atoms with Crippen molar-refractivity contribution in [2.24, 2.45) is 13.0 Å². The third-order valence-electron chi connectivity index (χ3n) is 10.1. The number of likely N-dealkylation sites (tertiary alicyclic amines) is 2. The molecule has 1 unspecified atom stereocenters. The molecule has 1 saturated carbocycles. The number of hydrogen-bond donors (Lipinski definition) is 2. The molecule has 3 aromatic rings. The van der Waals surface area contributed by atoms with Crippen LogP contribution < -0.4 is 5.32 Å². The van der Waals surface area contributed by atoms with Gasteiger partial charge in [-0.2, -0.15) is 5.10 Å². The van der Waals surface area contributed by atoms with E-state index in [0.29, 0.717) is 73.8 Å². The largest absolute Gasteiger partial charge is 0.481 e. The van der Waals surface area contributed by atoms with Crippen molar-refractivity contribution < 1.29 is 33.7 Å². The zero-order valence-electron chi connectivity index (χ0n) is 27.7. The number of rotatable bonds is 12. The molecule has 2 saturated heterocycles. The van der Waals surface area contributed by atoms with Crippen molar-refractivity contribution >= 4 is 45.9 Å². The fourth-order valence-electron chi connectivity index (χ4n) is 7.53. The van der Waals surface area contributed by atoms with E-state index in [-0.39, 0.29) is 36.4 Å². The summed E-state index contributed by atoms with van der Waals surface area (Å²) in [6.45, 7) is 2.26. The highest BCUT2D eigenvalue weighted by atomic mass is 35.5. The molecule has 12 nitrogen and oxygen atoms in total. The van der Waals surface area contributed by atoms with Gasteiger partial charge in [-0.3, -0.25) is 28.9 Å². The first-order valence-electron chi connectivity index (χ1n) is 16.7. The SMILES string of the molecule is CO[C@H]1CN(C(O[C@H]2CC[C@H](C(=O)O)CC2)(C(=O)Cc2ccc(NC(=O)c3nn(C)c4ccccc34)c(Cl)c2)N2CCCC2)C[C@@H]1OC. The molecule has 0 spiro atoms. The number of amides is 1. The Labute approximate surface area is 285 Å². The Morgan fingerprint density at radius 1 is 0.979 bits per heavy atom. The number of carboxylic acid groups (broad SMARTS) is 1. The first kappa shape index (κ1) is 34.5. The summed E-state index contributed by atoms with van der Waals surface area (Å²) in [5, 5.41) is 17.9. The number of carbonyl (C=O) groups excluding carboxylic acids is 2. The van der Waals surface area contributed by atoms with E-state index in [0.717, 1.165) is 23.7 Å². The van der Waals surface area contributed by atoms with Crippen LogP contribution in [0.15, 0.2) is 42.5 Å². The van der Waals surface area contributed by atoms with Gasteiger partial charge in [-0.05, 0) is 62.3 Å². The van der Waals surface area contributed by atoms with Crippen molar-refractivity contribution in [3.8, 4) is 0 Å². The van der Waals surface area contributed by atoms with E-state index in [1.54, 1.807) is 44.1 Å². The number of fused-ring (bicyclic) bond motifs is 1. The van der Waals surface area contributed by atoms with E-state index in [4.69, 9.17) is 25.8 Å². The van der Waals surface area contributed by atoms with Crippen LogP contribution in [0.25, 0.3) is 10.9 Å². The molecule has 2 N–H and O–H groups in total. The summed E-state index contributed by atoms with van der Waals surface area (Å²) < 4.78 is 20.2. The van der Waals surface area contributed by atoms with Crippen LogP contribution in [0, 0.1) is 5.92 Å². The lowest BCUT2D eigenvalue weighted by Gasteiger charge is -2.48. The number of ether oxygens (including phenoxy) is 3. The van der Waals surface area contributed by atoms with Gasteiger partial charge in [-0.1, -0.05) is 35.9 Å². The van der Waals surface area contributed by atoms with E-state index in [2.05, 4.69) is 20.2 Å². The van der Waals surface area contributed by atoms with Crippen molar-refractivity contribution in [1.82, 2.24) is 19.6 Å². The number of aliphatic carboxylic acids is 1. The predicted molar refractivity (Wildman–Crippen MR) is 180 cm³/mol. The number of aryl methyl sites for hydroxylation is 1. The number of para-hydroxylation sites is 1. The van der Waals surface area contributed by atoms with Crippen molar-refractivity contribution in [1.29, 1.82) is 0 Å². The van der Waals surface area contributed by atoms with Gasteiger partial charge in [-0.15, -0.1) is 0 Å². The number of Topliss-reactive ketones (excluding diaryl/α,β-unsaturated/α-hetero) is 1. The first-order chi connectivity index (χ1) is 23.1. The molecule has 0 radical (unpaired) electrons. The van der Waals surface area contributed by atoms with Gasteiger partial charge in [0.1, 0.15) is 0 Å². The minimum absolute atomic E-state index is 0.0333. The van der Waals surface area contributed by atoms with Gasteiger partial charge in [0, 0.05) is 59.3 Å². The molecule has 13 heteroatoms. The zero-order chi connectivity index (χ0) is 34.0.